The average Bonchev–Trinajstić information content (AvgIpc) is 2.63. The summed E-state index contributed by atoms with van der Waals surface area (Å²) in [6.07, 6.45) is 0.567. The molecule has 8 heteroatoms. The van der Waals surface area contributed by atoms with Crippen LogP contribution in [0.3, 0.4) is 0 Å². The Morgan fingerprint density at radius 3 is 2.54 bits per heavy atom. The van der Waals surface area contributed by atoms with E-state index in [9.17, 15) is 9.59 Å². The molecule has 0 atom stereocenters. The molecule has 0 unspecified atom stereocenters. The largest absolute Gasteiger partial charge is 0.482 e. The monoisotopic (exact) mass is 423 g/mol. The van der Waals surface area contributed by atoms with Crippen molar-refractivity contribution in [2.75, 3.05) is 32.6 Å². The maximum atomic E-state index is 12.2. The maximum absolute atomic E-state index is 12.2. The molecule has 0 radical (unpaired) electrons. The Hall–Kier alpha value is -2.44. The summed E-state index contributed by atoms with van der Waals surface area (Å²) in [5.41, 5.74) is 2.34. The normalized spacial score (nSPS) is 10.3. The fraction of sp³-hybridized carbons (Fsp3) is 0.300. The van der Waals surface area contributed by atoms with Crippen molar-refractivity contribution in [3.63, 3.8) is 0 Å². The number of hydrogen-bond donors (Lipinski definition) is 2. The molecule has 6 nitrogen and oxygen atoms in total. The molecule has 0 heterocycles. The molecule has 0 aliphatic carbocycles. The van der Waals surface area contributed by atoms with Crippen LogP contribution in [-0.2, 0) is 11.2 Å². The van der Waals surface area contributed by atoms with Gasteiger partial charge in [-0.15, -0.1) is 0 Å². The minimum absolute atomic E-state index is 0.109. The molecule has 0 aliphatic rings. The number of ether oxygens (including phenoxy) is 1. The van der Waals surface area contributed by atoms with E-state index in [0.29, 0.717) is 34.4 Å². The number of nitrogens with zero attached hydrogens (tertiary/aromatic N) is 1. The number of urea groups is 1. The molecule has 0 bridgehead atoms. The molecule has 2 aromatic rings. The Labute approximate surface area is 174 Å². The average molecular weight is 424 g/mol. The first-order valence-electron chi connectivity index (χ1n) is 8.68. The Bertz CT molecular complexity index is 857. The van der Waals surface area contributed by atoms with Crippen molar-refractivity contribution < 1.29 is 14.3 Å². The van der Waals surface area contributed by atoms with Gasteiger partial charge in [-0.05, 0) is 48.7 Å². The summed E-state index contributed by atoms with van der Waals surface area (Å²) in [4.78, 5) is 25.4. The number of aryl methyl sites for hydroxylation is 1. The molecule has 28 heavy (non-hydrogen) atoms. The number of hydrogen-bond acceptors (Lipinski definition) is 3. The van der Waals surface area contributed by atoms with Crippen LogP contribution in [0.15, 0.2) is 36.4 Å². The molecule has 0 saturated heterocycles. The fourth-order valence-electron chi connectivity index (χ4n) is 2.32. The van der Waals surface area contributed by atoms with Gasteiger partial charge in [0.25, 0.3) is 5.91 Å². The molecule has 3 amide bonds. The summed E-state index contributed by atoms with van der Waals surface area (Å²) in [5, 5.41) is 6.65. The predicted molar refractivity (Wildman–Crippen MR) is 113 cm³/mol. The molecule has 0 saturated carbocycles. The van der Waals surface area contributed by atoms with E-state index < -0.39 is 0 Å². The fourth-order valence-corrected chi connectivity index (χ4v) is 2.83. The number of likely N-dealkylation sites (N-methyl/N-ethyl adjacent to an activating group) is 1. The van der Waals surface area contributed by atoms with Crippen LogP contribution in [0.25, 0.3) is 0 Å². The van der Waals surface area contributed by atoms with Gasteiger partial charge in [0, 0.05) is 30.7 Å². The van der Waals surface area contributed by atoms with Crippen LogP contribution in [-0.4, -0.2) is 44.1 Å². The van der Waals surface area contributed by atoms with Crippen molar-refractivity contribution in [1.29, 1.82) is 0 Å². The Morgan fingerprint density at radius 1 is 1.11 bits per heavy atom. The van der Waals surface area contributed by atoms with Crippen LogP contribution < -0.4 is 15.4 Å². The smallest absolute Gasteiger partial charge is 0.319 e. The second kappa shape index (κ2) is 10.2. The second-order valence-corrected chi connectivity index (χ2v) is 7.29. The lowest BCUT2D eigenvalue weighted by molar-refractivity contribution is -0.130. The van der Waals surface area contributed by atoms with E-state index in [0.717, 1.165) is 11.1 Å². The van der Waals surface area contributed by atoms with E-state index in [1.54, 1.807) is 38.4 Å². The minimum atomic E-state index is -0.377. The topological polar surface area (TPSA) is 70.7 Å². The maximum Gasteiger partial charge on any atom is 0.319 e. The highest BCUT2D eigenvalue weighted by Gasteiger charge is 2.11. The van der Waals surface area contributed by atoms with E-state index in [4.69, 9.17) is 27.9 Å². The molecule has 2 aromatic carbocycles. The number of benzene rings is 2. The van der Waals surface area contributed by atoms with Gasteiger partial charge in [0.05, 0.1) is 5.69 Å². The van der Waals surface area contributed by atoms with Crippen LogP contribution in [0.4, 0.5) is 10.5 Å². The highest BCUT2D eigenvalue weighted by atomic mass is 35.5. The zero-order valence-electron chi connectivity index (χ0n) is 16.0. The van der Waals surface area contributed by atoms with Crippen LogP contribution in [0, 0.1) is 6.92 Å². The molecule has 0 aliphatic heterocycles. The highest BCUT2D eigenvalue weighted by Crippen LogP contribution is 2.26. The van der Waals surface area contributed by atoms with Crippen LogP contribution in [0.5, 0.6) is 5.75 Å². The molecule has 150 valence electrons. The van der Waals surface area contributed by atoms with Crippen LogP contribution >= 0.6 is 23.2 Å². The molecular formula is C20H23Cl2N3O3. The Morgan fingerprint density at radius 2 is 1.86 bits per heavy atom. The van der Waals surface area contributed by atoms with Crippen molar-refractivity contribution >= 4 is 40.8 Å². The van der Waals surface area contributed by atoms with E-state index in [1.807, 2.05) is 19.1 Å². The first-order valence-corrected chi connectivity index (χ1v) is 9.44. The zero-order chi connectivity index (χ0) is 20.7. The number of halogens is 2. The molecular weight excluding hydrogens is 401 g/mol. The van der Waals surface area contributed by atoms with Crippen LogP contribution in [0.1, 0.15) is 11.1 Å². The SMILES string of the molecule is Cc1ccc(NC(=O)NCCc2ccc(Cl)cc2Cl)c(OCC(=O)N(C)C)c1. The summed E-state index contributed by atoms with van der Waals surface area (Å²) >= 11 is 12.0. The summed E-state index contributed by atoms with van der Waals surface area (Å²) < 4.78 is 5.58. The van der Waals surface area contributed by atoms with Gasteiger partial charge >= 0.3 is 6.03 Å². The Balaban J connectivity index is 1.92. The molecule has 0 aromatic heterocycles. The molecule has 2 rings (SSSR count). The van der Waals surface area contributed by atoms with Gasteiger partial charge in [-0.25, -0.2) is 4.79 Å². The van der Waals surface area contributed by atoms with Gasteiger partial charge < -0.3 is 20.3 Å². The van der Waals surface area contributed by atoms with E-state index in [2.05, 4.69) is 10.6 Å². The summed E-state index contributed by atoms with van der Waals surface area (Å²) in [5.74, 6) is 0.267. The Kier molecular flexibility index (Phi) is 7.96. The lowest BCUT2D eigenvalue weighted by atomic mass is 10.1. The second-order valence-electron chi connectivity index (χ2n) is 6.44. The van der Waals surface area contributed by atoms with Gasteiger partial charge in [-0.2, -0.15) is 0 Å². The van der Waals surface area contributed by atoms with Crippen molar-refractivity contribution in [3.8, 4) is 5.75 Å². The van der Waals surface area contributed by atoms with Gasteiger partial charge in [-0.3, -0.25) is 4.79 Å². The summed E-state index contributed by atoms with van der Waals surface area (Å²) in [6.45, 7) is 2.19. The number of carbonyl (C=O) groups excluding carboxylic acids is 2. The first-order chi connectivity index (χ1) is 13.3. The molecule has 2 N–H and O–H groups in total. The van der Waals surface area contributed by atoms with Gasteiger partial charge in [0.1, 0.15) is 5.75 Å². The third-order valence-electron chi connectivity index (χ3n) is 3.93. The lowest BCUT2D eigenvalue weighted by Crippen LogP contribution is -2.31. The van der Waals surface area contributed by atoms with Gasteiger partial charge in [-0.1, -0.05) is 35.3 Å². The van der Waals surface area contributed by atoms with E-state index >= 15 is 0 Å². The highest BCUT2D eigenvalue weighted by molar-refractivity contribution is 6.35. The number of anilines is 1. The van der Waals surface area contributed by atoms with Crippen molar-refractivity contribution in [2.45, 2.75) is 13.3 Å². The van der Waals surface area contributed by atoms with Gasteiger partial charge in [0.2, 0.25) is 0 Å². The van der Waals surface area contributed by atoms with E-state index in [-0.39, 0.29) is 18.5 Å². The third-order valence-corrected chi connectivity index (χ3v) is 4.52. The number of amides is 3. The van der Waals surface area contributed by atoms with Crippen molar-refractivity contribution in [2.24, 2.45) is 0 Å². The summed E-state index contributed by atoms with van der Waals surface area (Å²) in [7, 11) is 3.31. The van der Waals surface area contributed by atoms with E-state index in [1.165, 1.54) is 4.90 Å². The number of carbonyl (C=O) groups is 2. The van der Waals surface area contributed by atoms with Crippen molar-refractivity contribution in [3.05, 3.63) is 57.6 Å². The molecule has 0 fully saturated rings. The lowest BCUT2D eigenvalue weighted by Gasteiger charge is -2.15. The first kappa shape index (κ1) is 21.9. The summed E-state index contributed by atoms with van der Waals surface area (Å²) in [6, 6.07) is 10.2. The quantitative estimate of drug-likeness (QED) is 0.702. The van der Waals surface area contributed by atoms with Crippen molar-refractivity contribution in [1.82, 2.24) is 10.2 Å². The predicted octanol–water partition coefficient (Wildman–Crippen LogP) is 4.13. The third kappa shape index (κ3) is 6.62. The van der Waals surface area contributed by atoms with Crippen LogP contribution in [0.2, 0.25) is 10.0 Å². The number of nitrogens with one attached hydrogen (secondary N) is 2. The minimum Gasteiger partial charge on any atom is -0.482 e. The zero-order valence-corrected chi connectivity index (χ0v) is 17.5. The van der Waals surface area contributed by atoms with Gasteiger partial charge in [0.15, 0.2) is 6.61 Å². The number of rotatable bonds is 7. The molecule has 0 spiro atoms. The standard InChI is InChI=1S/C20H23Cl2N3O3/c1-13-4-7-17(18(10-13)28-12-19(26)25(2)3)24-20(27)23-9-8-14-5-6-15(21)11-16(14)22/h4-7,10-11H,8-9,12H2,1-3H3,(H2,23,24,27).